The highest BCUT2D eigenvalue weighted by atomic mass is 32.1. The molecule has 2 aromatic carbocycles. The number of hydrogen-bond acceptors (Lipinski definition) is 5. The van der Waals surface area contributed by atoms with E-state index in [0.29, 0.717) is 30.6 Å². The molecule has 1 amide bonds. The second-order valence-electron chi connectivity index (χ2n) is 10.3. The topological polar surface area (TPSA) is 71.2 Å². The molecule has 1 N–H and O–H groups in total. The SMILES string of the molecule is Cc1cccc(-c2nc(-n3nc(C(=O)N4CCC(CCO)CC4)c4cc(C)ccc43)sc2C(C)C)c1. The molecule has 6 nitrogen and oxygen atoms in total. The fourth-order valence-electron chi connectivity index (χ4n) is 5.09. The summed E-state index contributed by atoms with van der Waals surface area (Å²) in [4.78, 5) is 21.9. The molecule has 4 aromatic rings. The Morgan fingerprint density at radius 2 is 1.86 bits per heavy atom. The first-order chi connectivity index (χ1) is 17.4. The molecule has 0 saturated carbocycles. The summed E-state index contributed by atoms with van der Waals surface area (Å²) in [6.07, 6.45) is 2.66. The van der Waals surface area contributed by atoms with Crippen LogP contribution in [0.15, 0.2) is 42.5 Å². The second kappa shape index (κ2) is 10.1. The lowest BCUT2D eigenvalue weighted by Gasteiger charge is -2.31. The summed E-state index contributed by atoms with van der Waals surface area (Å²) in [6.45, 7) is 10.1. The maximum absolute atomic E-state index is 13.7. The smallest absolute Gasteiger partial charge is 0.275 e. The number of likely N-dealkylation sites (tertiary alicyclic amines) is 1. The molecule has 0 unspecified atom stereocenters. The van der Waals surface area contributed by atoms with Gasteiger partial charge in [0.2, 0.25) is 5.13 Å². The third-order valence-electron chi connectivity index (χ3n) is 7.12. The van der Waals surface area contributed by atoms with Crippen LogP contribution in [0.5, 0.6) is 0 Å². The Kier molecular flexibility index (Phi) is 6.95. The zero-order valence-corrected chi connectivity index (χ0v) is 22.3. The van der Waals surface area contributed by atoms with Crippen LogP contribution in [0.3, 0.4) is 0 Å². The summed E-state index contributed by atoms with van der Waals surface area (Å²) >= 11 is 1.65. The monoisotopic (exact) mass is 502 g/mol. The first kappa shape index (κ1) is 24.7. The number of aliphatic hydroxyl groups is 1. The van der Waals surface area contributed by atoms with Crippen molar-refractivity contribution in [2.45, 2.75) is 52.9 Å². The lowest BCUT2D eigenvalue weighted by atomic mass is 9.94. The molecule has 0 bridgehead atoms. The van der Waals surface area contributed by atoms with E-state index < -0.39 is 0 Å². The molecule has 0 aliphatic carbocycles. The molecule has 2 aromatic heterocycles. The average Bonchev–Trinajstić information content (AvgIpc) is 3.46. The summed E-state index contributed by atoms with van der Waals surface area (Å²) in [6, 6.07) is 14.6. The van der Waals surface area contributed by atoms with Gasteiger partial charge in [-0.05, 0) is 63.1 Å². The molecule has 36 heavy (non-hydrogen) atoms. The average molecular weight is 503 g/mol. The van der Waals surface area contributed by atoms with E-state index in [0.717, 1.165) is 52.1 Å². The number of thiazole rings is 1. The molecule has 0 radical (unpaired) electrons. The van der Waals surface area contributed by atoms with Crippen molar-refractivity contribution in [2.24, 2.45) is 5.92 Å². The van der Waals surface area contributed by atoms with Gasteiger partial charge in [0, 0.05) is 35.5 Å². The lowest BCUT2D eigenvalue weighted by molar-refractivity contribution is 0.0673. The minimum atomic E-state index is -0.0219. The van der Waals surface area contributed by atoms with E-state index in [4.69, 9.17) is 10.1 Å². The van der Waals surface area contributed by atoms with Gasteiger partial charge in [-0.2, -0.15) is 5.10 Å². The van der Waals surface area contributed by atoms with Gasteiger partial charge in [0.05, 0.1) is 11.2 Å². The first-order valence-corrected chi connectivity index (χ1v) is 13.6. The van der Waals surface area contributed by atoms with Crippen molar-refractivity contribution in [3.05, 3.63) is 64.2 Å². The van der Waals surface area contributed by atoms with E-state index in [9.17, 15) is 9.90 Å². The van der Waals surface area contributed by atoms with Gasteiger partial charge in [-0.15, -0.1) is 0 Å². The number of aryl methyl sites for hydroxylation is 2. The Labute approximate surface area is 216 Å². The van der Waals surface area contributed by atoms with Crippen molar-refractivity contribution in [2.75, 3.05) is 19.7 Å². The van der Waals surface area contributed by atoms with Crippen LogP contribution < -0.4 is 0 Å². The summed E-state index contributed by atoms with van der Waals surface area (Å²) in [5.41, 5.74) is 5.79. The van der Waals surface area contributed by atoms with Gasteiger partial charge in [-0.3, -0.25) is 4.79 Å². The van der Waals surface area contributed by atoms with Gasteiger partial charge in [-0.25, -0.2) is 9.67 Å². The predicted molar refractivity (Wildman–Crippen MR) is 146 cm³/mol. The zero-order chi connectivity index (χ0) is 25.4. The Morgan fingerprint density at radius 1 is 1.11 bits per heavy atom. The summed E-state index contributed by atoms with van der Waals surface area (Å²) in [5.74, 6) is 0.781. The quantitative estimate of drug-likeness (QED) is 0.345. The van der Waals surface area contributed by atoms with Crippen LogP contribution in [0.2, 0.25) is 0 Å². The van der Waals surface area contributed by atoms with Gasteiger partial charge in [-0.1, -0.05) is 60.6 Å². The van der Waals surface area contributed by atoms with Gasteiger partial charge in [0.1, 0.15) is 0 Å². The van der Waals surface area contributed by atoms with Crippen LogP contribution in [0.4, 0.5) is 0 Å². The number of nitrogens with zero attached hydrogens (tertiary/aromatic N) is 4. The molecular formula is C29H34N4O2S. The highest BCUT2D eigenvalue weighted by molar-refractivity contribution is 7.14. The number of carbonyl (C=O) groups excluding carboxylic acids is 1. The third kappa shape index (κ3) is 4.70. The van der Waals surface area contributed by atoms with E-state index in [2.05, 4.69) is 57.2 Å². The summed E-state index contributed by atoms with van der Waals surface area (Å²) in [7, 11) is 0. The van der Waals surface area contributed by atoms with E-state index in [1.54, 1.807) is 11.3 Å². The van der Waals surface area contributed by atoms with E-state index in [1.165, 1.54) is 10.4 Å². The van der Waals surface area contributed by atoms with Crippen molar-refractivity contribution in [1.29, 1.82) is 0 Å². The number of benzene rings is 2. The van der Waals surface area contributed by atoms with E-state index in [1.807, 2.05) is 22.6 Å². The minimum absolute atomic E-state index is 0.0219. The molecule has 0 atom stereocenters. The number of piperidine rings is 1. The second-order valence-corrected chi connectivity index (χ2v) is 11.3. The van der Waals surface area contributed by atoms with Gasteiger partial charge in [0.25, 0.3) is 5.91 Å². The van der Waals surface area contributed by atoms with Crippen LogP contribution in [-0.4, -0.2) is 50.4 Å². The molecule has 1 aliphatic heterocycles. The molecular weight excluding hydrogens is 468 g/mol. The van der Waals surface area contributed by atoms with Crippen molar-refractivity contribution < 1.29 is 9.90 Å². The van der Waals surface area contributed by atoms with Crippen LogP contribution in [-0.2, 0) is 0 Å². The van der Waals surface area contributed by atoms with Crippen molar-refractivity contribution in [1.82, 2.24) is 19.7 Å². The van der Waals surface area contributed by atoms with Crippen molar-refractivity contribution in [3.8, 4) is 16.4 Å². The van der Waals surface area contributed by atoms with Crippen LogP contribution in [0.25, 0.3) is 27.3 Å². The largest absolute Gasteiger partial charge is 0.396 e. The van der Waals surface area contributed by atoms with Gasteiger partial charge < -0.3 is 10.0 Å². The number of aromatic nitrogens is 3. The number of rotatable bonds is 6. The normalized spacial score (nSPS) is 14.8. The van der Waals surface area contributed by atoms with E-state index >= 15 is 0 Å². The highest BCUT2D eigenvalue weighted by Crippen LogP contribution is 2.37. The summed E-state index contributed by atoms with van der Waals surface area (Å²) in [5, 5.41) is 15.8. The van der Waals surface area contributed by atoms with Crippen LogP contribution >= 0.6 is 11.3 Å². The highest BCUT2D eigenvalue weighted by Gasteiger charge is 2.28. The number of fused-ring (bicyclic) bond motifs is 1. The number of aliphatic hydroxyl groups excluding tert-OH is 1. The first-order valence-electron chi connectivity index (χ1n) is 12.8. The molecule has 7 heteroatoms. The molecule has 188 valence electrons. The van der Waals surface area contributed by atoms with Crippen molar-refractivity contribution in [3.63, 3.8) is 0 Å². The molecule has 1 fully saturated rings. The molecule has 0 spiro atoms. The summed E-state index contributed by atoms with van der Waals surface area (Å²) < 4.78 is 1.86. The lowest BCUT2D eigenvalue weighted by Crippen LogP contribution is -2.39. The van der Waals surface area contributed by atoms with Gasteiger partial charge >= 0.3 is 0 Å². The van der Waals surface area contributed by atoms with E-state index in [-0.39, 0.29) is 12.5 Å². The fourth-order valence-corrected chi connectivity index (χ4v) is 6.15. The number of carbonyl (C=O) groups is 1. The number of hydrogen-bond donors (Lipinski definition) is 1. The molecule has 3 heterocycles. The maximum atomic E-state index is 13.7. The van der Waals surface area contributed by atoms with Gasteiger partial charge in [0.15, 0.2) is 5.69 Å². The Hall–Kier alpha value is -3.03. The number of amides is 1. The third-order valence-corrected chi connectivity index (χ3v) is 8.45. The van der Waals surface area contributed by atoms with Crippen LogP contribution in [0.1, 0.15) is 65.5 Å². The fraction of sp³-hybridized carbons (Fsp3) is 0.414. The standard InChI is InChI=1S/C29H34N4O2S/c1-18(2)27-25(22-7-5-6-19(3)16-22)30-29(36-27)33-24-9-8-20(4)17-23(24)26(31-33)28(35)32-13-10-21(11-14-32)12-15-34/h5-9,16-18,21,34H,10-15H2,1-4H3. The molecule has 1 saturated heterocycles. The molecule has 1 aliphatic rings. The van der Waals surface area contributed by atoms with Crippen LogP contribution in [0, 0.1) is 19.8 Å². The Morgan fingerprint density at radius 3 is 2.56 bits per heavy atom. The zero-order valence-electron chi connectivity index (χ0n) is 21.5. The predicted octanol–water partition coefficient (Wildman–Crippen LogP) is 6.12. The molecule has 5 rings (SSSR count). The Balaban J connectivity index is 1.57. The minimum Gasteiger partial charge on any atom is -0.396 e. The maximum Gasteiger partial charge on any atom is 0.275 e. The van der Waals surface area contributed by atoms with Crippen molar-refractivity contribution >= 4 is 28.1 Å². The Bertz CT molecular complexity index is 1400.